The first kappa shape index (κ1) is 11.8. The number of nitrogens with zero attached hydrogens (tertiary/aromatic N) is 1. The van der Waals surface area contributed by atoms with Gasteiger partial charge in [-0.3, -0.25) is 4.79 Å². The van der Waals surface area contributed by atoms with Gasteiger partial charge in [0.2, 0.25) is 5.90 Å². The number of hydrazone groups is 1. The molecule has 0 radical (unpaired) electrons. The van der Waals surface area contributed by atoms with E-state index >= 15 is 0 Å². The Morgan fingerprint density at radius 3 is 2.90 bits per heavy atom. The molecular formula is C15H11N3O3. The van der Waals surface area contributed by atoms with Crippen LogP contribution in [0, 0.1) is 0 Å². The molecule has 0 bridgehead atoms. The third kappa shape index (κ3) is 2.06. The number of benzene rings is 1. The highest BCUT2D eigenvalue weighted by Crippen LogP contribution is 2.25. The Labute approximate surface area is 119 Å². The van der Waals surface area contributed by atoms with Crippen LogP contribution in [0.3, 0.4) is 0 Å². The number of fused-ring (bicyclic) bond motifs is 1. The van der Waals surface area contributed by atoms with Gasteiger partial charge in [-0.2, -0.15) is 0 Å². The molecule has 2 N–H and O–H groups in total. The molecule has 0 aliphatic carbocycles. The number of amides is 1. The van der Waals surface area contributed by atoms with Crippen molar-refractivity contribution in [1.29, 1.82) is 0 Å². The van der Waals surface area contributed by atoms with Crippen LogP contribution in [0.4, 0.5) is 0 Å². The first-order valence-electron chi connectivity index (χ1n) is 6.46. The predicted molar refractivity (Wildman–Crippen MR) is 76.6 cm³/mol. The number of carbonyl (C=O) groups excluding carboxylic acids is 1. The summed E-state index contributed by atoms with van der Waals surface area (Å²) in [6, 6.07) is 11.5. The molecule has 0 unspecified atom stereocenters. The lowest BCUT2D eigenvalue weighted by Crippen LogP contribution is -2.32. The summed E-state index contributed by atoms with van der Waals surface area (Å²) in [5.74, 6) is 0.949. The van der Waals surface area contributed by atoms with Crippen LogP contribution in [-0.2, 0) is 9.53 Å². The number of hydrogen-bond acceptors (Lipinski definition) is 4. The van der Waals surface area contributed by atoms with Crippen molar-refractivity contribution >= 4 is 22.7 Å². The van der Waals surface area contributed by atoms with Crippen molar-refractivity contribution in [2.24, 2.45) is 5.10 Å². The van der Waals surface area contributed by atoms with Crippen molar-refractivity contribution < 1.29 is 13.9 Å². The lowest BCUT2D eigenvalue weighted by molar-refractivity contribution is -0.124. The Bertz CT molecular complexity index is 846. The zero-order chi connectivity index (χ0) is 14.2. The van der Waals surface area contributed by atoms with Gasteiger partial charge in [-0.25, -0.2) is 5.43 Å². The molecule has 21 heavy (non-hydrogen) atoms. The van der Waals surface area contributed by atoms with Gasteiger partial charge in [0.1, 0.15) is 5.76 Å². The highest BCUT2D eigenvalue weighted by molar-refractivity contribution is 6.01. The average molecular weight is 281 g/mol. The smallest absolute Gasteiger partial charge is 0.278 e. The van der Waals surface area contributed by atoms with Gasteiger partial charge in [0, 0.05) is 16.5 Å². The number of furan rings is 1. The van der Waals surface area contributed by atoms with Crippen LogP contribution in [0.1, 0.15) is 5.56 Å². The van der Waals surface area contributed by atoms with E-state index in [-0.39, 0.29) is 12.5 Å². The van der Waals surface area contributed by atoms with Gasteiger partial charge in [-0.1, -0.05) is 0 Å². The Morgan fingerprint density at radius 1 is 1.19 bits per heavy atom. The Hall–Kier alpha value is -3.02. The molecule has 0 saturated carbocycles. The van der Waals surface area contributed by atoms with Crippen LogP contribution in [0.15, 0.2) is 52.2 Å². The zero-order valence-corrected chi connectivity index (χ0v) is 10.9. The van der Waals surface area contributed by atoms with E-state index in [4.69, 9.17) is 9.15 Å². The van der Waals surface area contributed by atoms with Gasteiger partial charge in [0.15, 0.2) is 6.61 Å². The molecule has 1 aliphatic heterocycles. The molecule has 6 nitrogen and oxygen atoms in total. The van der Waals surface area contributed by atoms with E-state index in [1.165, 1.54) is 0 Å². The summed E-state index contributed by atoms with van der Waals surface area (Å²) in [6.45, 7) is -0.0122. The van der Waals surface area contributed by atoms with E-state index in [9.17, 15) is 4.79 Å². The van der Waals surface area contributed by atoms with Crippen molar-refractivity contribution in [3.63, 3.8) is 0 Å². The summed E-state index contributed by atoms with van der Waals surface area (Å²) in [7, 11) is 0. The molecule has 6 heteroatoms. The van der Waals surface area contributed by atoms with E-state index in [1.54, 1.807) is 6.26 Å². The molecule has 0 atom stereocenters. The molecular weight excluding hydrogens is 270 g/mol. The number of carbonyl (C=O) groups is 1. The standard InChI is InChI=1S/C15H11N3O3/c19-14-8-21-15(18-17-14)9-3-4-11-10(6-9)7-12(16-11)13-2-1-5-20-13/h1-7,16H,8H2,(H,17,19). The van der Waals surface area contributed by atoms with E-state index in [2.05, 4.69) is 15.5 Å². The Balaban J connectivity index is 1.75. The zero-order valence-electron chi connectivity index (χ0n) is 10.9. The van der Waals surface area contributed by atoms with Crippen molar-refractivity contribution in [2.75, 3.05) is 6.61 Å². The van der Waals surface area contributed by atoms with Crippen LogP contribution in [0.25, 0.3) is 22.4 Å². The normalized spacial score (nSPS) is 14.7. The van der Waals surface area contributed by atoms with Gasteiger partial charge in [-0.15, -0.1) is 5.10 Å². The van der Waals surface area contributed by atoms with Gasteiger partial charge >= 0.3 is 0 Å². The van der Waals surface area contributed by atoms with Crippen molar-refractivity contribution in [2.45, 2.75) is 0 Å². The monoisotopic (exact) mass is 281 g/mol. The van der Waals surface area contributed by atoms with Gasteiger partial charge in [-0.05, 0) is 36.4 Å². The number of aromatic amines is 1. The minimum absolute atomic E-state index is 0.0122. The minimum Gasteiger partial charge on any atom is -0.466 e. The number of aromatic nitrogens is 1. The summed E-state index contributed by atoms with van der Waals surface area (Å²) in [5.41, 5.74) is 5.12. The van der Waals surface area contributed by atoms with E-state index in [0.717, 1.165) is 27.9 Å². The molecule has 0 fully saturated rings. The van der Waals surface area contributed by atoms with Crippen LogP contribution in [-0.4, -0.2) is 23.4 Å². The second-order valence-corrected chi connectivity index (χ2v) is 4.70. The lowest BCUT2D eigenvalue weighted by atomic mass is 10.1. The first-order valence-corrected chi connectivity index (χ1v) is 6.46. The fraction of sp³-hybridized carbons (Fsp3) is 0.0667. The predicted octanol–water partition coefficient (Wildman–Crippen LogP) is 2.24. The fourth-order valence-electron chi connectivity index (χ4n) is 2.29. The SMILES string of the molecule is O=C1COC(c2ccc3[nH]c(-c4ccco4)cc3c2)=NN1. The maximum Gasteiger partial charge on any atom is 0.278 e. The third-order valence-corrected chi connectivity index (χ3v) is 3.28. The third-order valence-electron chi connectivity index (χ3n) is 3.28. The fourth-order valence-corrected chi connectivity index (χ4v) is 2.29. The summed E-state index contributed by atoms with van der Waals surface area (Å²) in [5, 5.41) is 4.93. The maximum absolute atomic E-state index is 11.0. The lowest BCUT2D eigenvalue weighted by Gasteiger charge is -2.13. The number of H-pyrrole nitrogens is 1. The molecule has 1 aliphatic rings. The van der Waals surface area contributed by atoms with Gasteiger partial charge in [0.25, 0.3) is 5.91 Å². The Kier molecular flexibility index (Phi) is 2.53. The quantitative estimate of drug-likeness (QED) is 0.756. The molecule has 3 aromatic rings. The van der Waals surface area contributed by atoms with Crippen LogP contribution >= 0.6 is 0 Å². The molecule has 1 amide bonds. The summed E-state index contributed by atoms with van der Waals surface area (Å²) in [4.78, 5) is 14.3. The summed E-state index contributed by atoms with van der Waals surface area (Å²) >= 11 is 0. The number of ether oxygens (including phenoxy) is 1. The second kappa shape index (κ2) is 4.52. The molecule has 4 rings (SSSR count). The van der Waals surface area contributed by atoms with E-state index in [0.29, 0.717) is 5.90 Å². The van der Waals surface area contributed by atoms with E-state index < -0.39 is 0 Å². The summed E-state index contributed by atoms with van der Waals surface area (Å²) in [6.07, 6.45) is 1.64. The number of rotatable bonds is 2. The van der Waals surface area contributed by atoms with Crippen LogP contribution < -0.4 is 5.43 Å². The van der Waals surface area contributed by atoms with Crippen molar-refractivity contribution in [1.82, 2.24) is 10.4 Å². The highest BCUT2D eigenvalue weighted by Gasteiger charge is 2.15. The Morgan fingerprint density at radius 2 is 2.14 bits per heavy atom. The van der Waals surface area contributed by atoms with Crippen LogP contribution in [0.5, 0.6) is 0 Å². The highest BCUT2D eigenvalue weighted by atomic mass is 16.5. The average Bonchev–Trinajstić information content (AvgIpc) is 3.16. The summed E-state index contributed by atoms with van der Waals surface area (Å²) < 4.78 is 10.7. The molecule has 1 aromatic carbocycles. The number of hydrogen-bond donors (Lipinski definition) is 2. The second-order valence-electron chi connectivity index (χ2n) is 4.70. The topological polar surface area (TPSA) is 79.6 Å². The molecule has 3 heterocycles. The van der Waals surface area contributed by atoms with Crippen molar-refractivity contribution in [3.8, 4) is 11.5 Å². The van der Waals surface area contributed by atoms with Crippen molar-refractivity contribution in [3.05, 3.63) is 48.2 Å². The van der Waals surface area contributed by atoms with E-state index in [1.807, 2.05) is 36.4 Å². The van der Waals surface area contributed by atoms with Gasteiger partial charge in [0.05, 0.1) is 12.0 Å². The largest absolute Gasteiger partial charge is 0.466 e. The van der Waals surface area contributed by atoms with Gasteiger partial charge < -0.3 is 14.1 Å². The molecule has 104 valence electrons. The molecule has 0 saturated heterocycles. The molecule has 0 spiro atoms. The maximum atomic E-state index is 11.0. The first-order chi connectivity index (χ1) is 10.3. The van der Waals surface area contributed by atoms with Crippen LogP contribution in [0.2, 0.25) is 0 Å². The minimum atomic E-state index is -0.249. The molecule has 2 aromatic heterocycles. The number of nitrogens with one attached hydrogen (secondary N) is 2.